The van der Waals surface area contributed by atoms with Crippen LogP contribution < -0.4 is 0 Å². The fourth-order valence-electron chi connectivity index (χ4n) is 1.34. The number of aliphatic hydroxyl groups is 1. The van der Waals surface area contributed by atoms with Crippen LogP contribution in [0.3, 0.4) is 0 Å². The molecular formula is C10H18N2O. The van der Waals surface area contributed by atoms with E-state index in [-0.39, 0.29) is 12.0 Å². The number of aryl methyl sites for hydroxylation is 2. The first kappa shape index (κ1) is 10.3. The van der Waals surface area contributed by atoms with E-state index in [9.17, 15) is 0 Å². The van der Waals surface area contributed by atoms with Crippen molar-refractivity contribution in [3.63, 3.8) is 0 Å². The van der Waals surface area contributed by atoms with Crippen LogP contribution >= 0.6 is 0 Å². The zero-order valence-electron chi connectivity index (χ0n) is 8.83. The fraction of sp³-hybridized carbons (Fsp3) is 0.700. The van der Waals surface area contributed by atoms with Gasteiger partial charge < -0.3 is 5.11 Å². The Balaban J connectivity index is 2.85. The van der Waals surface area contributed by atoms with Gasteiger partial charge in [-0.1, -0.05) is 13.8 Å². The molecule has 0 aliphatic rings. The molecule has 0 aliphatic carbocycles. The van der Waals surface area contributed by atoms with Gasteiger partial charge in [0.25, 0.3) is 0 Å². The molecule has 0 fully saturated rings. The monoisotopic (exact) mass is 182 g/mol. The van der Waals surface area contributed by atoms with Gasteiger partial charge in [-0.25, -0.2) is 0 Å². The molecule has 1 heterocycles. The number of hydrogen-bond donors (Lipinski definition) is 1. The van der Waals surface area contributed by atoms with E-state index < -0.39 is 0 Å². The standard InChI is InChI=1S/C10H18N2O/c1-8-6-11-12(4)9(8)5-10(2,3)7-13/h6,13H,5,7H2,1-4H3. The zero-order chi connectivity index (χ0) is 10.1. The molecule has 1 N–H and O–H groups in total. The molecule has 13 heavy (non-hydrogen) atoms. The molecule has 1 aromatic heterocycles. The Morgan fingerprint density at radius 1 is 1.54 bits per heavy atom. The lowest BCUT2D eigenvalue weighted by molar-refractivity contribution is 0.157. The van der Waals surface area contributed by atoms with Crippen LogP contribution in [-0.2, 0) is 13.5 Å². The summed E-state index contributed by atoms with van der Waals surface area (Å²) >= 11 is 0. The van der Waals surface area contributed by atoms with Crippen molar-refractivity contribution < 1.29 is 5.11 Å². The molecule has 3 heteroatoms. The van der Waals surface area contributed by atoms with Gasteiger partial charge >= 0.3 is 0 Å². The Bertz CT molecular complexity index is 270. The van der Waals surface area contributed by atoms with Gasteiger partial charge in [-0.3, -0.25) is 4.68 Å². The first-order valence-corrected chi connectivity index (χ1v) is 4.54. The van der Waals surface area contributed by atoms with Crippen molar-refractivity contribution >= 4 is 0 Å². The van der Waals surface area contributed by atoms with E-state index in [4.69, 9.17) is 5.11 Å². The van der Waals surface area contributed by atoms with Crippen molar-refractivity contribution in [2.24, 2.45) is 12.5 Å². The second kappa shape index (κ2) is 3.50. The van der Waals surface area contributed by atoms with Gasteiger partial charge in [-0.15, -0.1) is 0 Å². The minimum atomic E-state index is -0.0570. The van der Waals surface area contributed by atoms with Gasteiger partial charge in [0.05, 0.1) is 6.20 Å². The van der Waals surface area contributed by atoms with Crippen molar-refractivity contribution in [1.82, 2.24) is 9.78 Å². The summed E-state index contributed by atoms with van der Waals surface area (Å²) in [5.74, 6) is 0. The maximum Gasteiger partial charge on any atom is 0.0521 e. The molecule has 3 nitrogen and oxygen atoms in total. The Morgan fingerprint density at radius 3 is 2.54 bits per heavy atom. The summed E-state index contributed by atoms with van der Waals surface area (Å²) in [6.45, 7) is 6.37. The highest BCUT2D eigenvalue weighted by Gasteiger charge is 2.20. The molecule has 0 aromatic carbocycles. The summed E-state index contributed by atoms with van der Waals surface area (Å²) in [5.41, 5.74) is 2.35. The minimum Gasteiger partial charge on any atom is -0.396 e. The van der Waals surface area contributed by atoms with E-state index >= 15 is 0 Å². The summed E-state index contributed by atoms with van der Waals surface area (Å²) in [4.78, 5) is 0. The summed E-state index contributed by atoms with van der Waals surface area (Å²) < 4.78 is 1.88. The quantitative estimate of drug-likeness (QED) is 0.765. The Labute approximate surface area is 79.4 Å². The number of rotatable bonds is 3. The van der Waals surface area contributed by atoms with Gasteiger partial charge in [0.1, 0.15) is 0 Å². The zero-order valence-corrected chi connectivity index (χ0v) is 8.83. The Kier molecular flexibility index (Phi) is 2.76. The fourth-order valence-corrected chi connectivity index (χ4v) is 1.34. The van der Waals surface area contributed by atoms with Crippen molar-refractivity contribution in [3.8, 4) is 0 Å². The van der Waals surface area contributed by atoms with E-state index in [0.29, 0.717) is 0 Å². The van der Waals surface area contributed by atoms with E-state index in [0.717, 1.165) is 6.42 Å². The van der Waals surface area contributed by atoms with Crippen molar-refractivity contribution in [3.05, 3.63) is 17.5 Å². The van der Waals surface area contributed by atoms with Crippen LogP contribution in [-0.4, -0.2) is 21.5 Å². The first-order valence-electron chi connectivity index (χ1n) is 4.54. The number of nitrogens with zero attached hydrogens (tertiary/aromatic N) is 2. The Morgan fingerprint density at radius 2 is 2.15 bits per heavy atom. The maximum atomic E-state index is 9.14. The third-order valence-corrected chi connectivity index (χ3v) is 2.34. The molecule has 74 valence electrons. The summed E-state index contributed by atoms with van der Waals surface area (Å²) in [6, 6.07) is 0. The molecule has 0 amide bonds. The highest BCUT2D eigenvalue weighted by atomic mass is 16.3. The number of aliphatic hydroxyl groups excluding tert-OH is 1. The van der Waals surface area contributed by atoms with Gasteiger partial charge in [-0.2, -0.15) is 5.10 Å². The van der Waals surface area contributed by atoms with Gasteiger partial charge in [0.2, 0.25) is 0 Å². The van der Waals surface area contributed by atoms with Crippen LogP contribution in [0.25, 0.3) is 0 Å². The van der Waals surface area contributed by atoms with E-state index in [1.807, 2.05) is 17.9 Å². The molecule has 1 aromatic rings. The van der Waals surface area contributed by atoms with Crippen LogP contribution in [0.15, 0.2) is 6.20 Å². The lowest BCUT2D eigenvalue weighted by Crippen LogP contribution is -2.21. The minimum absolute atomic E-state index is 0.0570. The third-order valence-electron chi connectivity index (χ3n) is 2.34. The molecule has 0 radical (unpaired) electrons. The number of aromatic nitrogens is 2. The summed E-state index contributed by atoms with van der Waals surface area (Å²) in [7, 11) is 1.94. The maximum absolute atomic E-state index is 9.14. The third kappa shape index (κ3) is 2.31. The second-order valence-electron chi connectivity index (χ2n) is 4.40. The predicted molar refractivity (Wildman–Crippen MR) is 52.5 cm³/mol. The van der Waals surface area contributed by atoms with Gasteiger partial charge in [-0.05, 0) is 24.3 Å². The lowest BCUT2D eigenvalue weighted by Gasteiger charge is -2.21. The molecule has 0 saturated heterocycles. The second-order valence-corrected chi connectivity index (χ2v) is 4.40. The van der Waals surface area contributed by atoms with Crippen LogP contribution in [0.2, 0.25) is 0 Å². The van der Waals surface area contributed by atoms with Gasteiger partial charge in [0.15, 0.2) is 0 Å². The molecule has 0 aliphatic heterocycles. The molecule has 0 unspecified atom stereocenters. The van der Waals surface area contributed by atoms with Crippen LogP contribution in [0.1, 0.15) is 25.1 Å². The Hall–Kier alpha value is -0.830. The molecule has 0 atom stereocenters. The van der Waals surface area contributed by atoms with E-state index in [2.05, 4.69) is 25.9 Å². The van der Waals surface area contributed by atoms with Crippen molar-refractivity contribution in [1.29, 1.82) is 0 Å². The molecule has 0 bridgehead atoms. The molecule has 0 spiro atoms. The summed E-state index contributed by atoms with van der Waals surface area (Å²) in [5, 5.41) is 13.3. The smallest absolute Gasteiger partial charge is 0.0521 e. The average molecular weight is 182 g/mol. The lowest BCUT2D eigenvalue weighted by atomic mass is 9.88. The average Bonchev–Trinajstić information content (AvgIpc) is 2.36. The topological polar surface area (TPSA) is 38.0 Å². The normalized spacial score (nSPS) is 12.1. The predicted octanol–water partition coefficient (Wildman–Crippen LogP) is 1.29. The molecular weight excluding hydrogens is 164 g/mol. The van der Waals surface area contributed by atoms with E-state index in [1.165, 1.54) is 11.3 Å². The first-order chi connectivity index (χ1) is 5.96. The number of hydrogen-bond acceptors (Lipinski definition) is 2. The molecule has 1 rings (SSSR count). The van der Waals surface area contributed by atoms with Crippen LogP contribution in [0.4, 0.5) is 0 Å². The highest BCUT2D eigenvalue weighted by molar-refractivity contribution is 5.16. The van der Waals surface area contributed by atoms with Crippen molar-refractivity contribution in [2.45, 2.75) is 27.2 Å². The van der Waals surface area contributed by atoms with Crippen molar-refractivity contribution in [2.75, 3.05) is 6.61 Å². The van der Waals surface area contributed by atoms with Gasteiger partial charge in [0, 0.05) is 19.3 Å². The highest BCUT2D eigenvalue weighted by Crippen LogP contribution is 2.22. The SMILES string of the molecule is Cc1cnn(C)c1CC(C)(C)CO. The summed E-state index contributed by atoms with van der Waals surface area (Å²) in [6.07, 6.45) is 2.73. The van der Waals surface area contributed by atoms with E-state index in [1.54, 1.807) is 0 Å². The van der Waals surface area contributed by atoms with Crippen LogP contribution in [0.5, 0.6) is 0 Å². The van der Waals surface area contributed by atoms with Crippen LogP contribution in [0, 0.1) is 12.3 Å². The largest absolute Gasteiger partial charge is 0.396 e. The molecule has 0 saturated carbocycles.